The van der Waals surface area contributed by atoms with Crippen LogP contribution >= 0.6 is 0 Å². The summed E-state index contributed by atoms with van der Waals surface area (Å²) in [6.45, 7) is 7.04. The van der Waals surface area contributed by atoms with Crippen LogP contribution in [-0.2, 0) is 6.54 Å². The molecule has 0 amide bonds. The molecule has 4 nitrogen and oxygen atoms in total. The number of nitrogen functional groups attached to an aromatic ring is 1. The van der Waals surface area contributed by atoms with E-state index in [1.165, 1.54) is 38.0 Å². The normalized spacial score (nSPS) is 29.4. The number of hydrogen-bond donors (Lipinski definition) is 1. The Balaban J connectivity index is 1.68. The maximum Gasteiger partial charge on any atom is 0.123 e. The third-order valence-electron chi connectivity index (χ3n) is 4.30. The zero-order valence-electron chi connectivity index (χ0n) is 11.0. The van der Waals surface area contributed by atoms with Gasteiger partial charge in [-0.1, -0.05) is 0 Å². The van der Waals surface area contributed by atoms with E-state index in [-0.39, 0.29) is 0 Å². The van der Waals surface area contributed by atoms with E-state index in [0.717, 1.165) is 12.6 Å². The van der Waals surface area contributed by atoms with E-state index < -0.39 is 0 Å². The van der Waals surface area contributed by atoms with Crippen LogP contribution in [0.1, 0.15) is 25.3 Å². The van der Waals surface area contributed by atoms with E-state index >= 15 is 0 Å². The smallest absolute Gasteiger partial charge is 0.123 e. The number of hydrogen-bond acceptors (Lipinski definition) is 4. The molecule has 0 saturated carbocycles. The standard InChI is InChI=1S/C14H22N4/c1-11-8-17-6-2-3-13(17)10-18(11)9-12-4-5-16-14(15)7-12/h4-5,7,11,13H,2-3,6,8-10H2,1H3,(H2,15,16). The van der Waals surface area contributed by atoms with Crippen LogP contribution in [0.25, 0.3) is 0 Å². The molecular formula is C14H22N4. The molecule has 2 aliphatic heterocycles. The first kappa shape index (κ1) is 11.9. The largest absolute Gasteiger partial charge is 0.384 e. The highest BCUT2D eigenvalue weighted by Gasteiger charge is 2.34. The van der Waals surface area contributed by atoms with Crippen molar-refractivity contribution < 1.29 is 0 Å². The van der Waals surface area contributed by atoms with Crippen LogP contribution in [0.4, 0.5) is 5.82 Å². The van der Waals surface area contributed by atoms with Crippen molar-refractivity contribution in [2.45, 2.75) is 38.4 Å². The van der Waals surface area contributed by atoms with Crippen molar-refractivity contribution in [3.05, 3.63) is 23.9 Å². The molecule has 2 fully saturated rings. The fraction of sp³-hybridized carbons (Fsp3) is 0.643. The summed E-state index contributed by atoms with van der Waals surface area (Å²) in [5, 5.41) is 0. The molecule has 3 rings (SSSR count). The van der Waals surface area contributed by atoms with E-state index in [0.29, 0.717) is 11.9 Å². The van der Waals surface area contributed by atoms with Gasteiger partial charge in [0.25, 0.3) is 0 Å². The third-order valence-corrected chi connectivity index (χ3v) is 4.30. The lowest BCUT2D eigenvalue weighted by molar-refractivity contribution is 0.0540. The van der Waals surface area contributed by atoms with Crippen LogP contribution in [0.3, 0.4) is 0 Å². The molecule has 2 N–H and O–H groups in total. The lowest BCUT2D eigenvalue weighted by Crippen LogP contribution is -2.54. The molecular weight excluding hydrogens is 224 g/mol. The van der Waals surface area contributed by atoms with E-state index in [9.17, 15) is 0 Å². The second-order valence-corrected chi connectivity index (χ2v) is 5.66. The van der Waals surface area contributed by atoms with Crippen molar-refractivity contribution >= 4 is 5.82 Å². The van der Waals surface area contributed by atoms with Crippen LogP contribution in [0.2, 0.25) is 0 Å². The molecule has 98 valence electrons. The SMILES string of the molecule is CC1CN2CCCC2CN1Cc1ccnc(N)c1. The summed E-state index contributed by atoms with van der Waals surface area (Å²) in [5.41, 5.74) is 7.02. The van der Waals surface area contributed by atoms with Gasteiger partial charge in [-0.2, -0.15) is 0 Å². The first-order valence-corrected chi connectivity index (χ1v) is 6.91. The lowest BCUT2D eigenvalue weighted by atomic mass is 10.1. The minimum atomic E-state index is 0.625. The number of nitrogens with zero attached hydrogens (tertiary/aromatic N) is 3. The highest BCUT2D eigenvalue weighted by molar-refractivity contribution is 5.31. The molecule has 0 bridgehead atoms. The van der Waals surface area contributed by atoms with Crippen molar-refractivity contribution in [2.75, 3.05) is 25.4 Å². The van der Waals surface area contributed by atoms with Crippen LogP contribution in [-0.4, -0.2) is 46.5 Å². The number of nitrogens with two attached hydrogens (primary N) is 1. The van der Waals surface area contributed by atoms with Gasteiger partial charge in [0, 0.05) is 37.9 Å². The zero-order chi connectivity index (χ0) is 12.5. The Bertz CT molecular complexity index is 420. The summed E-state index contributed by atoms with van der Waals surface area (Å²) in [7, 11) is 0. The van der Waals surface area contributed by atoms with Crippen molar-refractivity contribution in [1.29, 1.82) is 0 Å². The monoisotopic (exact) mass is 246 g/mol. The maximum absolute atomic E-state index is 5.75. The predicted octanol–water partition coefficient (Wildman–Crippen LogP) is 1.33. The Morgan fingerprint density at radius 3 is 3.17 bits per heavy atom. The van der Waals surface area contributed by atoms with Gasteiger partial charge in [-0.15, -0.1) is 0 Å². The Labute approximate surface area is 109 Å². The maximum atomic E-state index is 5.75. The van der Waals surface area contributed by atoms with E-state index in [4.69, 9.17) is 5.73 Å². The van der Waals surface area contributed by atoms with Gasteiger partial charge >= 0.3 is 0 Å². The van der Waals surface area contributed by atoms with Crippen molar-refractivity contribution in [3.63, 3.8) is 0 Å². The quantitative estimate of drug-likeness (QED) is 0.855. The highest BCUT2D eigenvalue weighted by Crippen LogP contribution is 2.25. The first-order valence-electron chi connectivity index (χ1n) is 6.91. The lowest BCUT2D eigenvalue weighted by Gasteiger charge is -2.42. The highest BCUT2D eigenvalue weighted by atomic mass is 15.3. The molecule has 2 unspecified atom stereocenters. The average Bonchev–Trinajstić information content (AvgIpc) is 2.76. The molecule has 2 atom stereocenters. The predicted molar refractivity (Wildman–Crippen MR) is 73.1 cm³/mol. The van der Waals surface area contributed by atoms with Crippen LogP contribution in [0.15, 0.2) is 18.3 Å². The third kappa shape index (κ3) is 2.35. The number of anilines is 1. The molecule has 0 spiro atoms. The van der Waals surface area contributed by atoms with E-state index in [2.05, 4.69) is 27.8 Å². The van der Waals surface area contributed by atoms with Gasteiger partial charge in [-0.25, -0.2) is 4.98 Å². The molecule has 0 aliphatic carbocycles. The number of aromatic nitrogens is 1. The summed E-state index contributed by atoms with van der Waals surface area (Å²) in [6, 6.07) is 5.48. The second kappa shape index (κ2) is 4.86. The number of pyridine rings is 1. The van der Waals surface area contributed by atoms with Gasteiger partial charge in [0.15, 0.2) is 0 Å². The Hall–Kier alpha value is -1.13. The zero-order valence-corrected chi connectivity index (χ0v) is 11.0. The van der Waals surface area contributed by atoms with Gasteiger partial charge in [0.1, 0.15) is 5.82 Å². The number of fused-ring (bicyclic) bond motifs is 1. The molecule has 0 radical (unpaired) electrons. The fourth-order valence-electron chi connectivity index (χ4n) is 3.30. The van der Waals surface area contributed by atoms with Crippen molar-refractivity contribution in [3.8, 4) is 0 Å². The van der Waals surface area contributed by atoms with Crippen molar-refractivity contribution in [1.82, 2.24) is 14.8 Å². The summed E-state index contributed by atoms with van der Waals surface area (Å²) in [5.74, 6) is 0.625. The van der Waals surface area contributed by atoms with Crippen LogP contribution in [0.5, 0.6) is 0 Å². The Morgan fingerprint density at radius 2 is 2.33 bits per heavy atom. The molecule has 1 aromatic heterocycles. The van der Waals surface area contributed by atoms with Gasteiger partial charge < -0.3 is 5.73 Å². The van der Waals surface area contributed by atoms with Gasteiger partial charge in [0.2, 0.25) is 0 Å². The number of piperazine rings is 1. The van der Waals surface area contributed by atoms with E-state index in [1.54, 1.807) is 6.20 Å². The summed E-state index contributed by atoms with van der Waals surface area (Å²) in [6.07, 6.45) is 4.54. The van der Waals surface area contributed by atoms with Crippen LogP contribution in [0, 0.1) is 0 Å². The average molecular weight is 246 g/mol. The fourth-order valence-corrected chi connectivity index (χ4v) is 3.30. The molecule has 4 heteroatoms. The molecule has 1 aromatic rings. The summed E-state index contributed by atoms with van der Waals surface area (Å²) >= 11 is 0. The Morgan fingerprint density at radius 1 is 1.44 bits per heavy atom. The minimum Gasteiger partial charge on any atom is -0.384 e. The molecule has 0 aromatic carbocycles. The van der Waals surface area contributed by atoms with Gasteiger partial charge in [-0.05, 0) is 44.0 Å². The van der Waals surface area contributed by atoms with Crippen LogP contribution < -0.4 is 5.73 Å². The van der Waals surface area contributed by atoms with Gasteiger partial charge in [0.05, 0.1) is 0 Å². The summed E-state index contributed by atoms with van der Waals surface area (Å²) in [4.78, 5) is 9.30. The van der Waals surface area contributed by atoms with E-state index in [1.807, 2.05) is 6.07 Å². The molecule has 2 saturated heterocycles. The molecule has 18 heavy (non-hydrogen) atoms. The minimum absolute atomic E-state index is 0.625. The first-order chi connectivity index (χ1) is 8.72. The molecule has 3 heterocycles. The van der Waals surface area contributed by atoms with Crippen molar-refractivity contribution in [2.24, 2.45) is 0 Å². The molecule has 2 aliphatic rings. The van der Waals surface area contributed by atoms with Gasteiger partial charge in [-0.3, -0.25) is 9.80 Å². The second-order valence-electron chi connectivity index (χ2n) is 5.66. The number of rotatable bonds is 2. The topological polar surface area (TPSA) is 45.4 Å². The Kier molecular flexibility index (Phi) is 3.22. The summed E-state index contributed by atoms with van der Waals surface area (Å²) < 4.78 is 0.